The number of carbonyl (C=O) groups excluding carboxylic acids is 1. The number of hydrogen-bond donors (Lipinski definition) is 1. The van der Waals surface area contributed by atoms with Crippen LogP contribution in [0.25, 0.3) is 0 Å². The van der Waals surface area contributed by atoms with Crippen LogP contribution in [0.5, 0.6) is 0 Å². The predicted molar refractivity (Wildman–Crippen MR) is 70.7 cm³/mol. The van der Waals surface area contributed by atoms with Crippen molar-refractivity contribution in [2.45, 2.75) is 12.8 Å². The van der Waals surface area contributed by atoms with Crippen LogP contribution in [0.2, 0.25) is 0 Å². The van der Waals surface area contributed by atoms with E-state index in [9.17, 15) is 4.79 Å². The van der Waals surface area contributed by atoms with Crippen LogP contribution in [-0.2, 0) is 0 Å². The molecule has 1 aromatic carbocycles. The summed E-state index contributed by atoms with van der Waals surface area (Å²) in [5.74, 6) is 0.441. The molecule has 0 radical (unpaired) electrons. The highest BCUT2D eigenvalue weighted by molar-refractivity contribution is 5.98. The molecule has 1 unspecified atom stereocenters. The molecule has 1 N–H and O–H groups in total. The number of piperidine rings is 1. The number of Topliss-reactive ketones (excluding diaryl/α,β-unsaturated/α-hetero) is 1. The number of nitrogens with one attached hydrogen (secondary N) is 1. The summed E-state index contributed by atoms with van der Waals surface area (Å²) in [6.45, 7) is 1.87. The summed E-state index contributed by atoms with van der Waals surface area (Å²) in [5, 5.41) is 3.29. The Morgan fingerprint density at radius 3 is 2.53 bits per heavy atom. The van der Waals surface area contributed by atoms with Crippen molar-refractivity contribution in [2.24, 2.45) is 5.92 Å². The summed E-state index contributed by atoms with van der Waals surface area (Å²) >= 11 is 0. The van der Waals surface area contributed by atoms with Gasteiger partial charge in [0, 0.05) is 37.8 Å². The number of hydrogen-bond acceptors (Lipinski definition) is 3. The van der Waals surface area contributed by atoms with Crippen LogP contribution in [0.1, 0.15) is 23.2 Å². The zero-order chi connectivity index (χ0) is 12.3. The van der Waals surface area contributed by atoms with Gasteiger partial charge in [-0.3, -0.25) is 4.79 Å². The smallest absolute Gasteiger partial charge is 0.167 e. The molecule has 1 atom stereocenters. The fraction of sp³-hybridized carbons (Fsp3) is 0.500. The molecule has 1 heterocycles. The fourth-order valence-corrected chi connectivity index (χ4v) is 2.24. The largest absolute Gasteiger partial charge is 0.378 e. The first-order valence-electron chi connectivity index (χ1n) is 6.21. The van der Waals surface area contributed by atoms with Crippen molar-refractivity contribution in [2.75, 3.05) is 32.1 Å². The van der Waals surface area contributed by atoms with Gasteiger partial charge in [-0.25, -0.2) is 0 Å². The van der Waals surface area contributed by atoms with Gasteiger partial charge in [0.15, 0.2) is 5.78 Å². The maximum atomic E-state index is 12.2. The Labute approximate surface area is 103 Å². The van der Waals surface area contributed by atoms with E-state index in [0.717, 1.165) is 37.2 Å². The molecule has 2 rings (SSSR count). The van der Waals surface area contributed by atoms with Gasteiger partial charge in [-0.1, -0.05) is 0 Å². The summed E-state index contributed by atoms with van der Waals surface area (Å²) < 4.78 is 0. The Morgan fingerprint density at radius 2 is 2.00 bits per heavy atom. The Bertz CT molecular complexity index is 378. The third kappa shape index (κ3) is 2.86. The number of rotatable bonds is 3. The summed E-state index contributed by atoms with van der Waals surface area (Å²) in [6, 6.07) is 7.88. The van der Waals surface area contributed by atoms with Gasteiger partial charge in [0.05, 0.1) is 0 Å². The lowest BCUT2D eigenvalue weighted by Gasteiger charge is -2.21. The second-order valence-corrected chi connectivity index (χ2v) is 4.85. The van der Waals surface area contributed by atoms with Crippen molar-refractivity contribution in [3.05, 3.63) is 29.8 Å². The molecule has 17 heavy (non-hydrogen) atoms. The van der Waals surface area contributed by atoms with Crippen molar-refractivity contribution in [1.82, 2.24) is 5.32 Å². The van der Waals surface area contributed by atoms with E-state index in [2.05, 4.69) is 5.32 Å². The normalized spacial score (nSPS) is 20.0. The summed E-state index contributed by atoms with van der Waals surface area (Å²) in [7, 11) is 4.00. The minimum Gasteiger partial charge on any atom is -0.378 e. The van der Waals surface area contributed by atoms with Gasteiger partial charge < -0.3 is 10.2 Å². The number of anilines is 1. The van der Waals surface area contributed by atoms with Gasteiger partial charge in [-0.05, 0) is 43.7 Å². The summed E-state index contributed by atoms with van der Waals surface area (Å²) in [4.78, 5) is 14.3. The molecule has 92 valence electrons. The lowest BCUT2D eigenvalue weighted by atomic mass is 9.91. The third-order valence-electron chi connectivity index (χ3n) is 3.34. The summed E-state index contributed by atoms with van der Waals surface area (Å²) in [6.07, 6.45) is 2.12. The average Bonchev–Trinajstić information content (AvgIpc) is 2.39. The number of benzene rings is 1. The Morgan fingerprint density at radius 1 is 1.29 bits per heavy atom. The van der Waals surface area contributed by atoms with E-state index in [1.54, 1.807) is 0 Å². The van der Waals surface area contributed by atoms with Gasteiger partial charge in [0.25, 0.3) is 0 Å². The Balaban J connectivity index is 2.08. The zero-order valence-electron chi connectivity index (χ0n) is 10.6. The Hall–Kier alpha value is -1.35. The molecule has 0 aromatic heterocycles. The van der Waals surface area contributed by atoms with E-state index in [1.807, 2.05) is 43.3 Å². The van der Waals surface area contributed by atoms with Crippen molar-refractivity contribution in [1.29, 1.82) is 0 Å². The molecule has 0 spiro atoms. The number of carbonyl (C=O) groups is 1. The zero-order valence-corrected chi connectivity index (χ0v) is 10.6. The van der Waals surface area contributed by atoms with Crippen LogP contribution in [0.15, 0.2) is 24.3 Å². The van der Waals surface area contributed by atoms with Gasteiger partial charge in [-0.2, -0.15) is 0 Å². The van der Waals surface area contributed by atoms with Crippen LogP contribution >= 0.6 is 0 Å². The van der Waals surface area contributed by atoms with E-state index in [-0.39, 0.29) is 11.7 Å². The maximum absolute atomic E-state index is 12.2. The van der Waals surface area contributed by atoms with E-state index >= 15 is 0 Å². The molecule has 0 amide bonds. The van der Waals surface area contributed by atoms with Gasteiger partial charge in [0.1, 0.15) is 0 Å². The first kappa shape index (κ1) is 12.1. The van der Waals surface area contributed by atoms with Crippen LogP contribution in [0.3, 0.4) is 0 Å². The van der Waals surface area contributed by atoms with Crippen LogP contribution in [0, 0.1) is 5.92 Å². The van der Waals surface area contributed by atoms with E-state index in [4.69, 9.17) is 0 Å². The van der Waals surface area contributed by atoms with E-state index in [1.165, 1.54) is 0 Å². The molecule has 1 aliphatic rings. The minimum absolute atomic E-state index is 0.161. The lowest BCUT2D eigenvalue weighted by molar-refractivity contribution is 0.0899. The monoisotopic (exact) mass is 232 g/mol. The van der Waals surface area contributed by atoms with Crippen molar-refractivity contribution < 1.29 is 4.79 Å². The third-order valence-corrected chi connectivity index (χ3v) is 3.34. The van der Waals surface area contributed by atoms with Crippen molar-refractivity contribution in [3.63, 3.8) is 0 Å². The SMILES string of the molecule is CN(C)c1ccc(C(=O)C2CCCNC2)cc1. The molecule has 0 saturated carbocycles. The molecule has 1 aromatic rings. The Kier molecular flexibility index (Phi) is 3.79. The number of ketones is 1. The molecule has 0 aliphatic carbocycles. The predicted octanol–water partition coefficient (Wildman–Crippen LogP) is 1.93. The molecule has 1 saturated heterocycles. The first-order valence-corrected chi connectivity index (χ1v) is 6.21. The van der Waals surface area contributed by atoms with Crippen LogP contribution in [0.4, 0.5) is 5.69 Å². The molecule has 3 heteroatoms. The standard InChI is InChI=1S/C14H20N2O/c1-16(2)13-7-5-11(6-8-13)14(17)12-4-3-9-15-10-12/h5-8,12,15H,3-4,9-10H2,1-2H3. The van der Waals surface area contributed by atoms with Crippen molar-refractivity contribution >= 4 is 11.5 Å². The van der Waals surface area contributed by atoms with Gasteiger partial charge in [0.2, 0.25) is 0 Å². The molecule has 3 nitrogen and oxygen atoms in total. The second kappa shape index (κ2) is 5.32. The maximum Gasteiger partial charge on any atom is 0.167 e. The average molecular weight is 232 g/mol. The first-order chi connectivity index (χ1) is 8.18. The van der Waals surface area contributed by atoms with Gasteiger partial charge in [-0.15, -0.1) is 0 Å². The highest BCUT2D eigenvalue weighted by Crippen LogP contribution is 2.19. The lowest BCUT2D eigenvalue weighted by Crippen LogP contribution is -2.34. The molecular weight excluding hydrogens is 212 g/mol. The van der Waals surface area contributed by atoms with Gasteiger partial charge >= 0.3 is 0 Å². The van der Waals surface area contributed by atoms with Crippen molar-refractivity contribution in [3.8, 4) is 0 Å². The fourth-order valence-electron chi connectivity index (χ4n) is 2.24. The molecule has 0 bridgehead atoms. The highest BCUT2D eigenvalue weighted by Gasteiger charge is 2.21. The summed E-state index contributed by atoms with van der Waals surface area (Å²) in [5.41, 5.74) is 1.97. The quantitative estimate of drug-likeness (QED) is 0.808. The molecule has 1 aliphatic heterocycles. The minimum atomic E-state index is 0.161. The molecular formula is C14H20N2O. The topological polar surface area (TPSA) is 32.3 Å². The van der Waals surface area contributed by atoms with E-state index < -0.39 is 0 Å². The molecule has 1 fully saturated rings. The number of nitrogens with zero attached hydrogens (tertiary/aromatic N) is 1. The van der Waals surface area contributed by atoms with E-state index in [0.29, 0.717) is 0 Å². The second-order valence-electron chi connectivity index (χ2n) is 4.85. The highest BCUT2D eigenvalue weighted by atomic mass is 16.1. The van der Waals surface area contributed by atoms with Crippen LogP contribution < -0.4 is 10.2 Å². The van der Waals surface area contributed by atoms with Crippen LogP contribution in [-0.4, -0.2) is 33.0 Å².